The molecule has 0 atom stereocenters. The van der Waals surface area contributed by atoms with E-state index in [2.05, 4.69) is 13.0 Å². The van der Waals surface area contributed by atoms with E-state index in [4.69, 9.17) is 19.5 Å². The molecule has 0 N–H and O–H groups in total. The predicted molar refractivity (Wildman–Crippen MR) is 68.7 cm³/mol. The highest BCUT2D eigenvalue weighted by molar-refractivity contribution is 5.45. The molecule has 0 unspecified atom stereocenters. The Morgan fingerprint density at radius 2 is 1.94 bits per heavy atom. The van der Waals surface area contributed by atoms with E-state index in [1.165, 1.54) is 0 Å². The highest BCUT2D eigenvalue weighted by Gasteiger charge is 2.04. The van der Waals surface area contributed by atoms with Crippen LogP contribution < -0.4 is 4.74 Å². The molecule has 4 nitrogen and oxygen atoms in total. The molecule has 1 rings (SSSR count). The molecule has 1 aromatic rings. The zero-order valence-electron chi connectivity index (χ0n) is 10.9. The van der Waals surface area contributed by atoms with E-state index in [9.17, 15) is 0 Å². The quantitative estimate of drug-likeness (QED) is 0.662. The topological polar surface area (TPSA) is 51.5 Å². The van der Waals surface area contributed by atoms with Crippen LogP contribution in [0, 0.1) is 11.3 Å². The predicted octanol–water partition coefficient (Wildman–Crippen LogP) is 2.16. The summed E-state index contributed by atoms with van der Waals surface area (Å²) >= 11 is 0. The van der Waals surface area contributed by atoms with E-state index in [1.54, 1.807) is 7.11 Å². The maximum absolute atomic E-state index is 9.03. The van der Waals surface area contributed by atoms with Gasteiger partial charge in [0.05, 0.1) is 25.4 Å². The summed E-state index contributed by atoms with van der Waals surface area (Å²) in [4.78, 5) is 0. The first-order chi connectivity index (χ1) is 8.81. The smallest absolute Gasteiger partial charge is 0.137 e. The minimum atomic E-state index is 0.434. The minimum absolute atomic E-state index is 0.434. The third kappa shape index (κ3) is 4.74. The molecule has 0 heterocycles. The van der Waals surface area contributed by atoms with E-state index >= 15 is 0 Å². The SMILES string of the molecule is CCc1ccc(OCCOCCOC)c(C#N)c1. The fourth-order valence-corrected chi connectivity index (χ4v) is 1.47. The van der Waals surface area contributed by atoms with Gasteiger partial charge in [0.1, 0.15) is 18.4 Å². The van der Waals surface area contributed by atoms with Crippen LogP contribution in [-0.2, 0) is 15.9 Å². The molecule has 0 spiro atoms. The van der Waals surface area contributed by atoms with Crippen molar-refractivity contribution in [3.8, 4) is 11.8 Å². The van der Waals surface area contributed by atoms with Crippen molar-refractivity contribution in [3.05, 3.63) is 29.3 Å². The molecule has 98 valence electrons. The van der Waals surface area contributed by atoms with Crippen molar-refractivity contribution in [2.45, 2.75) is 13.3 Å². The maximum Gasteiger partial charge on any atom is 0.137 e. The summed E-state index contributed by atoms with van der Waals surface area (Å²) in [5, 5.41) is 9.03. The Morgan fingerprint density at radius 1 is 1.17 bits per heavy atom. The van der Waals surface area contributed by atoms with Gasteiger partial charge in [-0.15, -0.1) is 0 Å². The van der Waals surface area contributed by atoms with Crippen molar-refractivity contribution in [3.63, 3.8) is 0 Å². The van der Waals surface area contributed by atoms with E-state index in [-0.39, 0.29) is 0 Å². The molecular formula is C14H19NO3. The van der Waals surface area contributed by atoms with Gasteiger partial charge in [-0.1, -0.05) is 13.0 Å². The lowest BCUT2D eigenvalue weighted by molar-refractivity contribution is 0.0544. The first kappa shape index (κ1) is 14.5. The molecule has 0 aliphatic heterocycles. The van der Waals surface area contributed by atoms with Gasteiger partial charge in [-0.2, -0.15) is 5.26 Å². The molecule has 0 bridgehead atoms. The summed E-state index contributed by atoms with van der Waals surface area (Å²) in [6.45, 7) is 4.11. The van der Waals surface area contributed by atoms with Crippen LogP contribution >= 0.6 is 0 Å². The summed E-state index contributed by atoms with van der Waals surface area (Å²) < 4.78 is 15.7. The molecule has 4 heteroatoms. The van der Waals surface area contributed by atoms with Crippen LogP contribution in [0.1, 0.15) is 18.1 Å². The van der Waals surface area contributed by atoms with Gasteiger partial charge in [-0.3, -0.25) is 0 Å². The Bertz CT molecular complexity index is 399. The summed E-state index contributed by atoms with van der Waals surface area (Å²) in [6.07, 6.45) is 0.912. The van der Waals surface area contributed by atoms with Crippen LogP contribution in [0.4, 0.5) is 0 Å². The number of rotatable bonds is 8. The fourth-order valence-electron chi connectivity index (χ4n) is 1.47. The zero-order chi connectivity index (χ0) is 13.2. The lowest BCUT2D eigenvalue weighted by Crippen LogP contribution is -2.10. The second-order valence-corrected chi connectivity index (χ2v) is 3.75. The van der Waals surface area contributed by atoms with Crippen molar-refractivity contribution >= 4 is 0 Å². The van der Waals surface area contributed by atoms with Crippen LogP contribution in [0.25, 0.3) is 0 Å². The summed E-state index contributed by atoms with van der Waals surface area (Å²) in [5.41, 5.74) is 1.71. The average molecular weight is 249 g/mol. The van der Waals surface area contributed by atoms with Crippen LogP contribution in [0.5, 0.6) is 5.75 Å². The molecule has 18 heavy (non-hydrogen) atoms. The van der Waals surface area contributed by atoms with Crippen molar-refractivity contribution in [1.29, 1.82) is 5.26 Å². The van der Waals surface area contributed by atoms with Gasteiger partial charge in [0.2, 0.25) is 0 Å². The molecule has 0 aromatic heterocycles. The Labute approximate surface area is 108 Å². The van der Waals surface area contributed by atoms with Crippen molar-refractivity contribution < 1.29 is 14.2 Å². The lowest BCUT2D eigenvalue weighted by atomic mass is 10.1. The van der Waals surface area contributed by atoms with Gasteiger partial charge in [0.25, 0.3) is 0 Å². The number of hydrogen-bond donors (Lipinski definition) is 0. The molecule has 0 amide bonds. The van der Waals surface area contributed by atoms with Crippen molar-refractivity contribution in [2.24, 2.45) is 0 Å². The van der Waals surface area contributed by atoms with Crippen LogP contribution in [0.3, 0.4) is 0 Å². The van der Waals surface area contributed by atoms with Gasteiger partial charge in [-0.25, -0.2) is 0 Å². The Morgan fingerprint density at radius 3 is 2.61 bits per heavy atom. The van der Waals surface area contributed by atoms with E-state index in [1.807, 2.05) is 18.2 Å². The molecule has 0 fully saturated rings. The van der Waals surface area contributed by atoms with Crippen LogP contribution in [0.2, 0.25) is 0 Å². The Balaban J connectivity index is 2.40. The molecule has 0 radical (unpaired) electrons. The van der Waals surface area contributed by atoms with Crippen molar-refractivity contribution in [2.75, 3.05) is 33.5 Å². The summed E-state index contributed by atoms with van der Waals surface area (Å²) in [5.74, 6) is 0.616. The number of nitriles is 1. The highest BCUT2D eigenvalue weighted by Crippen LogP contribution is 2.19. The van der Waals surface area contributed by atoms with E-state index < -0.39 is 0 Å². The minimum Gasteiger partial charge on any atom is -0.490 e. The number of benzene rings is 1. The highest BCUT2D eigenvalue weighted by atomic mass is 16.5. The van der Waals surface area contributed by atoms with Gasteiger partial charge in [0.15, 0.2) is 0 Å². The average Bonchev–Trinajstić information content (AvgIpc) is 2.42. The second kappa shape index (κ2) is 8.51. The van der Waals surface area contributed by atoms with E-state index in [0.29, 0.717) is 37.7 Å². The van der Waals surface area contributed by atoms with Gasteiger partial charge in [-0.05, 0) is 24.1 Å². The summed E-state index contributed by atoms with van der Waals surface area (Å²) in [6, 6.07) is 7.82. The third-order valence-electron chi connectivity index (χ3n) is 2.49. The molecule has 0 saturated heterocycles. The van der Waals surface area contributed by atoms with Crippen molar-refractivity contribution in [1.82, 2.24) is 0 Å². The molecule has 1 aromatic carbocycles. The van der Waals surface area contributed by atoms with E-state index in [0.717, 1.165) is 12.0 Å². The number of ether oxygens (including phenoxy) is 3. The fraction of sp³-hybridized carbons (Fsp3) is 0.500. The molecule has 0 aliphatic rings. The normalized spacial score (nSPS) is 10.1. The first-order valence-corrected chi connectivity index (χ1v) is 6.04. The zero-order valence-corrected chi connectivity index (χ0v) is 10.9. The number of hydrogen-bond acceptors (Lipinski definition) is 4. The Kier molecular flexibility index (Phi) is 6.85. The van der Waals surface area contributed by atoms with Crippen LogP contribution in [0.15, 0.2) is 18.2 Å². The molecular weight excluding hydrogens is 230 g/mol. The first-order valence-electron chi connectivity index (χ1n) is 6.04. The van der Waals surface area contributed by atoms with Gasteiger partial charge >= 0.3 is 0 Å². The Hall–Kier alpha value is -1.57. The number of aryl methyl sites for hydroxylation is 1. The lowest BCUT2D eigenvalue weighted by Gasteiger charge is -2.09. The van der Waals surface area contributed by atoms with Gasteiger partial charge in [0, 0.05) is 7.11 Å². The van der Waals surface area contributed by atoms with Crippen LogP contribution in [-0.4, -0.2) is 33.5 Å². The third-order valence-corrected chi connectivity index (χ3v) is 2.49. The monoisotopic (exact) mass is 249 g/mol. The largest absolute Gasteiger partial charge is 0.490 e. The molecule has 0 aliphatic carbocycles. The number of nitrogens with zero attached hydrogens (tertiary/aromatic N) is 1. The second-order valence-electron chi connectivity index (χ2n) is 3.75. The standard InChI is InChI=1S/C14H19NO3/c1-3-12-4-5-14(13(10-12)11-15)18-9-8-17-7-6-16-2/h4-5,10H,3,6-9H2,1-2H3. The van der Waals surface area contributed by atoms with Gasteiger partial charge < -0.3 is 14.2 Å². The molecule has 0 saturated carbocycles. The number of methoxy groups -OCH3 is 1. The summed E-state index contributed by atoms with van der Waals surface area (Å²) in [7, 11) is 1.63. The maximum atomic E-state index is 9.03.